The minimum atomic E-state index is -1.45. The van der Waals surface area contributed by atoms with E-state index in [1.807, 2.05) is 6.92 Å². The molecule has 18 heavy (non-hydrogen) atoms. The van der Waals surface area contributed by atoms with E-state index in [1.54, 1.807) is 11.8 Å². The first-order valence-electron chi connectivity index (χ1n) is 5.73. The summed E-state index contributed by atoms with van der Waals surface area (Å²) in [6.07, 6.45) is 1.86. The van der Waals surface area contributed by atoms with Crippen molar-refractivity contribution in [2.24, 2.45) is 5.84 Å². The zero-order valence-corrected chi connectivity index (χ0v) is 10.8. The van der Waals surface area contributed by atoms with Gasteiger partial charge in [0.25, 0.3) is 0 Å². The fourth-order valence-corrected chi connectivity index (χ4v) is 3.79. The molecular formula is C12H15F3N2S. The van der Waals surface area contributed by atoms with E-state index < -0.39 is 23.5 Å². The molecule has 3 N–H and O–H groups in total. The molecule has 0 amide bonds. The molecule has 1 heterocycles. The molecule has 6 heteroatoms. The van der Waals surface area contributed by atoms with Gasteiger partial charge >= 0.3 is 0 Å². The molecule has 1 saturated heterocycles. The first kappa shape index (κ1) is 13.7. The lowest BCUT2D eigenvalue weighted by molar-refractivity contribution is 0.384. The van der Waals surface area contributed by atoms with Crippen LogP contribution < -0.4 is 11.3 Å². The average Bonchev–Trinajstić information content (AvgIpc) is 2.78. The Morgan fingerprint density at radius 1 is 1.33 bits per heavy atom. The molecule has 0 radical (unpaired) electrons. The fraction of sp³-hybridized carbons (Fsp3) is 0.500. The minimum absolute atomic E-state index is 0.0771. The van der Waals surface area contributed by atoms with Crippen LogP contribution in [0, 0.1) is 17.5 Å². The Hall–Kier alpha value is -0.720. The summed E-state index contributed by atoms with van der Waals surface area (Å²) < 4.78 is 39.7. The van der Waals surface area contributed by atoms with Gasteiger partial charge in [-0.1, -0.05) is 6.07 Å². The van der Waals surface area contributed by atoms with E-state index in [0.29, 0.717) is 0 Å². The SMILES string of the molecule is CC1(C(NN)c2ccc(F)c(F)c2F)CCCS1. The van der Waals surface area contributed by atoms with Crippen molar-refractivity contribution in [3.63, 3.8) is 0 Å². The highest BCUT2D eigenvalue weighted by Gasteiger charge is 2.40. The van der Waals surface area contributed by atoms with E-state index in [4.69, 9.17) is 5.84 Å². The standard InChI is InChI=1S/C12H15F3N2S/c1-12(5-2-6-18-12)11(17-16)7-3-4-8(13)10(15)9(7)14/h3-4,11,17H,2,5-6,16H2,1H3. The number of hydrogen-bond donors (Lipinski definition) is 2. The van der Waals surface area contributed by atoms with E-state index in [2.05, 4.69) is 5.43 Å². The Balaban J connectivity index is 2.42. The Morgan fingerprint density at radius 3 is 2.61 bits per heavy atom. The molecule has 0 aliphatic carbocycles. The summed E-state index contributed by atoms with van der Waals surface area (Å²) in [5.74, 6) is 2.65. The van der Waals surface area contributed by atoms with Crippen molar-refractivity contribution in [2.75, 3.05) is 5.75 Å². The van der Waals surface area contributed by atoms with Crippen LogP contribution in [0.3, 0.4) is 0 Å². The largest absolute Gasteiger partial charge is 0.271 e. The van der Waals surface area contributed by atoms with Gasteiger partial charge in [-0.15, -0.1) is 0 Å². The number of benzene rings is 1. The highest BCUT2D eigenvalue weighted by molar-refractivity contribution is 8.00. The van der Waals surface area contributed by atoms with Crippen molar-refractivity contribution in [3.05, 3.63) is 35.1 Å². The third-order valence-electron chi connectivity index (χ3n) is 3.40. The number of nitrogens with two attached hydrogens (primary N) is 1. The van der Waals surface area contributed by atoms with Crippen molar-refractivity contribution in [3.8, 4) is 0 Å². The van der Waals surface area contributed by atoms with Gasteiger partial charge in [0.1, 0.15) is 0 Å². The average molecular weight is 276 g/mol. The quantitative estimate of drug-likeness (QED) is 0.506. The van der Waals surface area contributed by atoms with Gasteiger partial charge in [-0.2, -0.15) is 11.8 Å². The number of hydrogen-bond acceptors (Lipinski definition) is 3. The molecule has 2 nitrogen and oxygen atoms in total. The Kier molecular flexibility index (Phi) is 3.89. The molecule has 2 unspecified atom stereocenters. The Morgan fingerprint density at radius 2 is 2.06 bits per heavy atom. The zero-order valence-electron chi connectivity index (χ0n) is 9.97. The summed E-state index contributed by atoms with van der Waals surface area (Å²) in [6.45, 7) is 1.95. The molecule has 1 fully saturated rings. The van der Waals surface area contributed by atoms with Crippen LogP contribution in [0.2, 0.25) is 0 Å². The van der Waals surface area contributed by atoms with Crippen molar-refractivity contribution in [2.45, 2.75) is 30.6 Å². The van der Waals surface area contributed by atoms with Crippen LogP contribution in [-0.4, -0.2) is 10.5 Å². The van der Waals surface area contributed by atoms with E-state index in [1.165, 1.54) is 6.07 Å². The monoisotopic (exact) mass is 276 g/mol. The lowest BCUT2D eigenvalue weighted by atomic mass is 9.90. The molecule has 0 aromatic heterocycles. The van der Waals surface area contributed by atoms with Crippen molar-refractivity contribution >= 4 is 11.8 Å². The third kappa shape index (κ3) is 2.24. The normalized spacial score (nSPS) is 25.4. The predicted octanol–water partition coefficient (Wildman–Crippen LogP) is 2.89. The van der Waals surface area contributed by atoms with Crippen LogP contribution in [0.4, 0.5) is 13.2 Å². The maximum atomic E-state index is 13.8. The summed E-state index contributed by atoms with van der Waals surface area (Å²) >= 11 is 1.67. The first-order chi connectivity index (χ1) is 8.49. The molecule has 2 rings (SSSR count). The second-order valence-corrected chi connectivity index (χ2v) is 6.26. The van der Waals surface area contributed by atoms with Crippen LogP contribution in [0.5, 0.6) is 0 Å². The summed E-state index contributed by atoms with van der Waals surface area (Å²) in [6, 6.07) is 1.64. The van der Waals surface area contributed by atoms with Crippen molar-refractivity contribution in [1.29, 1.82) is 0 Å². The van der Waals surface area contributed by atoms with Gasteiger partial charge in [-0.05, 0) is 31.6 Å². The van der Waals surface area contributed by atoms with Gasteiger partial charge in [-0.3, -0.25) is 11.3 Å². The second-order valence-electron chi connectivity index (χ2n) is 4.63. The van der Waals surface area contributed by atoms with Gasteiger partial charge < -0.3 is 0 Å². The lowest BCUT2D eigenvalue weighted by Gasteiger charge is -2.33. The summed E-state index contributed by atoms with van der Waals surface area (Å²) in [5.41, 5.74) is 2.62. The summed E-state index contributed by atoms with van der Waals surface area (Å²) in [5, 5.41) is 0. The maximum Gasteiger partial charge on any atom is 0.194 e. The molecule has 0 saturated carbocycles. The number of nitrogens with one attached hydrogen (secondary N) is 1. The van der Waals surface area contributed by atoms with E-state index in [9.17, 15) is 13.2 Å². The molecule has 2 atom stereocenters. The van der Waals surface area contributed by atoms with E-state index >= 15 is 0 Å². The molecule has 0 bridgehead atoms. The van der Waals surface area contributed by atoms with Gasteiger partial charge in [0, 0.05) is 10.3 Å². The molecule has 1 aromatic rings. The number of hydrazine groups is 1. The van der Waals surface area contributed by atoms with Crippen LogP contribution in [-0.2, 0) is 0 Å². The molecule has 0 spiro atoms. The summed E-state index contributed by atoms with van der Waals surface area (Å²) in [4.78, 5) is 0. The van der Waals surface area contributed by atoms with Crippen LogP contribution >= 0.6 is 11.8 Å². The van der Waals surface area contributed by atoms with Gasteiger partial charge in [-0.25, -0.2) is 13.2 Å². The molecule has 100 valence electrons. The van der Waals surface area contributed by atoms with E-state index in [-0.39, 0.29) is 10.3 Å². The van der Waals surface area contributed by atoms with Crippen LogP contribution in [0.15, 0.2) is 12.1 Å². The zero-order chi connectivity index (χ0) is 13.3. The van der Waals surface area contributed by atoms with E-state index in [0.717, 1.165) is 24.7 Å². The summed E-state index contributed by atoms with van der Waals surface area (Å²) in [7, 11) is 0. The fourth-order valence-electron chi connectivity index (χ4n) is 2.39. The van der Waals surface area contributed by atoms with Gasteiger partial charge in [0.2, 0.25) is 0 Å². The first-order valence-corrected chi connectivity index (χ1v) is 6.71. The lowest BCUT2D eigenvalue weighted by Crippen LogP contribution is -2.41. The predicted molar refractivity (Wildman–Crippen MR) is 66.5 cm³/mol. The highest BCUT2D eigenvalue weighted by atomic mass is 32.2. The Labute approximate surface area is 108 Å². The minimum Gasteiger partial charge on any atom is -0.271 e. The van der Waals surface area contributed by atoms with Crippen molar-refractivity contribution in [1.82, 2.24) is 5.43 Å². The molecule has 1 aromatic carbocycles. The molecule has 1 aliphatic heterocycles. The number of rotatable bonds is 3. The van der Waals surface area contributed by atoms with Crippen LogP contribution in [0.1, 0.15) is 31.4 Å². The Bertz CT molecular complexity index is 447. The molecule has 1 aliphatic rings. The second kappa shape index (κ2) is 5.11. The van der Waals surface area contributed by atoms with Gasteiger partial charge in [0.05, 0.1) is 6.04 Å². The molecular weight excluding hydrogens is 261 g/mol. The number of thioether (sulfide) groups is 1. The van der Waals surface area contributed by atoms with Gasteiger partial charge in [0.15, 0.2) is 17.5 Å². The van der Waals surface area contributed by atoms with Crippen molar-refractivity contribution < 1.29 is 13.2 Å². The van der Waals surface area contributed by atoms with Crippen LogP contribution in [0.25, 0.3) is 0 Å². The smallest absolute Gasteiger partial charge is 0.194 e. The third-order valence-corrected chi connectivity index (χ3v) is 4.99. The number of halogens is 3. The maximum absolute atomic E-state index is 13.8. The topological polar surface area (TPSA) is 38.0 Å². The highest BCUT2D eigenvalue weighted by Crippen LogP contribution is 2.46.